The topological polar surface area (TPSA) is 141 Å². The van der Waals surface area contributed by atoms with Crippen molar-refractivity contribution in [3.63, 3.8) is 0 Å². The van der Waals surface area contributed by atoms with Crippen molar-refractivity contribution in [3.05, 3.63) is 45.6 Å². The van der Waals surface area contributed by atoms with Crippen LogP contribution in [-0.2, 0) is 24.5 Å². The van der Waals surface area contributed by atoms with Crippen LogP contribution >= 0.6 is 35.0 Å². The van der Waals surface area contributed by atoms with E-state index in [1.165, 1.54) is 24.3 Å². The first-order chi connectivity index (χ1) is 13.0. The van der Waals surface area contributed by atoms with E-state index in [4.69, 9.17) is 23.2 Å². The second-order valence-electron chi connectivity index (χ2n) is 5.90. The minimum atomic E-state index is -4.87. The summed E-state index contributed by atoms with van der Waals surface area (Å²) in [5.41, 5.74) is -0.455. The number of nitrogens with one attached hydrogen (secondary N) is 1. The van der Waals surface area contributed by atoms with Crippen molar-refractivity contribution in [1.82, 2.24) is 10.2 Å². The van der Waals surface area contributed by atoms with Crippen LogP contribution in [0.25, 0.3) is 0 Å². The minimum Gasteiger partial charge on any atom is -0.477 e. The molecular weight excluding hydrogens is 455 g/mol. The number of β-lactam (4-membered cyclic amide) rings is 1. The maximum Gasteiger partial charge on any atom is 0.353 e. The van der Waals surface area contributed by atoms with Gasteiger partial charge in [0.15, 0.2) is 5.25 Å². The van der Waals surface area contributed by atoms with E-state index in [-0.39, 0.29) is 27.1 Å². The van der Waals surface area contributed by atoms with Crippen LogP contribution in [0.1, 0.15) is 10.8 Å². The number of rotatable bonds is 5. The Bertz CT molecular complexity index is 1010. The van der Waals surface area contributed by atoms with Crippen LogP contribution in [0, 0.1) is 0 Å². The number of thioether (sulfide) groups is 1. The average Bonchev–Trinajstić information content (AvgIpc) is 2.58. The van der Waals surface area contributed by atoms with E-state index >= 15 is 0 Å². The second-order valence-corrected chi connectivity index (χ2v) is 9.40. The van der Waals surface area contributed by atoms with Crippen molar-refractivity contribution in [3.8, 4) is 0 Å². The minimum absolute atomic E-state index is 0.0124. The van der Waals surface area contributed by atoms with Gasteiger partial charge in [-0.3, -0.25) is 19.0 Å². The number of benzene rings is 1. The van der Waals surface area contributed by atoms with Gasteiger partial charge in [-0.25, -0.2) is 4.79 Å². The molecule has 9 nitrogen and oxygen atoms in total. The number of amides is 2. The maximum atomic E-state index is 12.6. The number of hydrogen-bond acceptors (Lipinski definition) is 6. The van der Waals surface area contributed by atoms with Crippen molar-refractivity contribution >= 4 is 62.9 Å². The fourth-order valence-corrected chi connectivity index (χ4v) is 5.52. The van der Waals surface area contributed by atoms with Gasteiger partial charge in [-0.05, 0) is 17.7 Å². The van der Waals surface area contributed by atoms with E-state index < -0.39 is 44.6 Å². The lowest BCUT2D eigenvalue weighted by Crippen LogP contribution is -2.70. The maximum absolute atomic E-state index is 12.6. The molecule has 1 saturated heterocycles. The third-order valence-electron chi connectivity index (χ3n) is 4.11. The smallest absolute Gasteiger partial charge is 0.353 e. The second kappa shape index (κ2) is 7.56. The van der Waals surface area contributed by atoms with Crippen LogP contribution in [0.4, 0.5) is 0 Å². The van der Waals surface area contributed by atoms with Crippen molar-refractivity contribution in [2.24, 2.45) is 0 Å². The standard InChI is InChI=1S/C15H12Cl2N2O7S2/c16-7-3-1-2-6(4-7)11(28(24,25)26)12(20)18-9-13(21)19-10(15(22)23)8(17)5-27-14(9)19/h1-4,9,11,14H,5H2,(H,18,20)(H,22,23)(H,24,25,26)/t9?,11?,14-/m0/s1. The Morgan fingerprint density at radius 2 is 2.00 bits per heavy atom. The number of hydrogen-bond donors (Lipinski definition) is 3. The van der Waals surface area contributed by atoms with E-state index in [9.17, 15) is 32.5 Å². The van der Waals surface area contributed by atoms with Crippen molar-refractivity contribution < 1.29 is 32.5 Å². The molecule has 0 radical (unpaired) electrons. The van der Waals surface area contributed by atoms with Gasteiger partial charge in [-0.1, -0.05) is 35.3 Å². The molecule has 2 aliphatic heterocycles. The van der Waals surface area contributed by atoms with Crippen LogP contribution in [0.2, 0.25) is 5.02 Å². The normalized spacial score (nSPS) is 23.0. The fourth-order valence-electron chi connectivity index (χ4n) is 2.94. The Balaban J connectivity index is 1.85. The van der Waals surface area contributed by atoms with Gasteiger partial charge < -0.3 is 10.4 Å². The third-order valence-corrected chi connectivity index (χ3v) is 7.18. The summed E-state index contributed by atoms with van der Waals surface area (Å²) in [5, 5.41) is 8.88. The zero-order valence-corrected chi connectivity index (χ0v) is 16.8. The molecule has 2 heterocycles. The molecule has 0 spiro atoms. The summed E-state index contributed by atoms with van der Waals surface area (Å²) in [5.74, 6) is -3.16. The van der Waals surface area contributed by atoms with Gasteiger partial charge in [-0.2, -0.15) is 8.42 Å². The van der Waals surface area contributed by atoms with Crippen LogP contribution < -0.4 is 5.32 Å². The lowest BCUT2D eigenvalue weighted by Gasteiger charge is -2.48. The van der Waals surface area contributed by atoms with E-state index in [2.05, 4.69) is 5.32 Å². The van der Waals surface area contributed by atoms with Gasteiger partial charge in [0.2, 0.25) is 5.91 Å². The lowest BCUT2D eigenvalue weighted by atomic mass is 10.0. The molecule has 1 fully saturated rings. The highest BCUT2D eigenvalue weighted by Gasteiger charge is 2.55. The highest BCUT2D eigenvalue weighted by atomic mass is 35.5. The number of carboxylic acid groups (broad SMARTS) is 1. The summed E-state index contributed by atoms with van der Waals surface area (Å²) in [6.07, 6.45) is 0. The highest BCUT2D eigenvalue weighted by Crippen LogP contribution is 2.41. The number of halogens is 2. The first-order valence-electron chi connectivity index (χ1n) is 7.61. The van der Waals surface area contributed by atoms with Gasteiger partial charge >= 0.3 is 5.97 Å². The molecule has 2 amide bonds. The molecule has 2 aliphatic rings. The first-order valence-corrected chi connectivity index (χ1v) is 10.9. The number of carbonyl (C=O) groups is 3. The largest absolute Gasteiger partial charge is 0.477 e. The first kappa shape index (κ1) is 20.9. The Morgan fingerprint density at radius 3 is 2.57 bits per heavy atom. The molecule has 1 aromatic carbocycles. The molecule has 28 heavy (non-hydrogen) atoms. The Labute approximate surface area is 173 Å². The van der Waals surface area contributed by atoms with E-state index in [1.807, 2.05) is 0 Å². The molecular formula is C15H12Cl2N2O7S2. The predicted molar refractivity (Wildman–Crippen MR) is 101 cm³/mol. The van der Waals surface area contributed by atoms with Gasteiger partial charge in [-0.15, -0.1) is 11.8 Å². The Hall–Kier alpha value is -1.79. The molecule has 3 N–H and O–H groups in total. The molecule has 0 saturated carbocycles. The molecule has 0 bridgehead atoms. The number of carbonyl (C=O) groups excluding carboxylic acids is 2. The molecule has 3 rings (SSSR count). The van der Waals surface area contributed by atoms with Gasteiger partial charge in [0.05, 0.1) is 5.03 Å². The summed E-state index contributed by atoms with van der Waals surface area (Å²) in [6, 6.07) is 4.19. The number of carboxylic acids is 1. The summed E-state index contributed by atoms with van der Waals surface area (Å²) < 4.78 is 33.0. The highest BCUT2D eigenvalue weighted by molar-refractivity contribution is 8.00. The monoisotopic (exact) mass is 466 g/mol. The van der Waals surface area contributed by atoms with E-state index in [0.717, 1.165) is 16.7 Å². The molecule has 0 aromatic heterocycles. The fraction of sp³-hybridized carbons (Fsp3) is 0.267. The van der Waals surface area contributed by atoms with E-state index in [0.29, 0.717) is 0 Å². The summed E-state index contributed by atoms with van der Waals surface area (Å²) in [6.45, 7) is 0. The van der Waals surface area contributed by atoms with Crippen molar-refractivity contribution in [2.75, 3.05) is 5.75 Å². The van der Waals surface area contributed by atoms with Crippen LogP contribution in [0.15, 0.2) is 35.0 Å². The predicted octanol–water partition coefficient (Wildman–Crippen LogP) is 1.20. The number of fused-ring (bicyclic) bond motifs is 1. The lowest BCUT2D eigenvalue weighted by molar-refractivity contribution is -0.150. The van der Waals surface area contributed by atoms with E-state index in [1.54, 1.807) is 0 Å². The van der Waals surface area contributed by atoms with Crippen LogP contribution in [0.5, 0.6) is 0 Å². The summed E-state index contributed by atoms with van der Waals surface area (Å²) >= 11 is 12.8. The molecule has 13 heteroatoms. The van der Waals surface area contributed by atoms with Gasteiger partial charge in [0.25, 0.3) is 16.0 Å². The zero-order valence-electron chi connectivity index (χ0n) is 13.7. The summed E-state index contributed by atoms with van der Waals surface area (Å²) in [4.78, 5) is 37.2. The summed E-state index contributed by atoms with van der Waals surface area (Å²) in [7, 11) is -4.87. The SMILES string of the molecule is O=C(O)C1=C(Cl)CS[C@H]2C(NC(=O)C(c3cccc(Cl)c3)S(=O)(=O)O)C(=O)N12. The van der Waals surface area contributed by atoms with Crippen molar-refractivity contribution in [1.29, 1.82) is 0 Å². The van der Waals surface area contributed by atoms with Gasteiger partial charge in [0, 0.05) is 10.8 Å². The van der Waals surface area contributed by atoms with Crippen LogP contribution in [0.3, 0.4) is 0 Å². The molecule has 3 atom stereocenters. The number of nitrogens with zero attached hydrogens (tertiary/aromatic N) is 1. The number of aliphatic carboxylic acids is 1. The Kier molecular flexibility index (Phi) is 5.65. The van der Waals surface area contributed by atoms with Crippen molar-refractivity contribution in [2.45, 2.75) is 16.7 Å². The zero-order chi connectivity index (χ0) is 20.8. The average molecular weight is 467 g/mol. The van der Waals surface area contributed by atoms with Gasteiger partial charge in [0.1, 0.15) is 17.1 Å². The molecule has 150 valence electrons. The Morgan fingerprint density at radius 1 is 1.32 bits per heavy atom. The molecule has 2 unspecified atom stereocenters. The molecule has 1 aromatic rings. The quantitative estimate of drug-likeness (QED) is 0.434. The van der Waals surface area contributed by atoms with Crippen LogP contribution in [-0.4, -0.2) is 57.9 Å². The third kappa shape index (κ3) is 3.72. The molecule has 0 aliphatic carbocycles.